The molecular formula is C23H22O9. The highest BCUT2D eigenvalue weighted by Gasteiger charge is 2.54. The maximum Gasteiger partial charge on any atom is 0.310 e. The third kappa shape index (κ3) is 2.99. The molecule has 0 aromatic heterocycles. The highest BCUT2D eigenvalue weighted by atomic mass is 16.7. The van der Waals surface area contributed by atoms with Crippen LogP contribution in [-0.4, -0.2) is 44.7 Å². The second-order valence-electron chi connectivity index (χ2n) is 7.94. The van der Waals surface area contributed by atoms with Crippen molar-refractivity contribution in [3.05, 3.63) is 41.0 Å². The van der Waals surface area contributed by atoms with Crippen LogP contribution in [0, 0.1) is 11.8 Å². The highest BCUT2D eigenvalue weighted by Crippen LogP contribution is 2.56. The van der Waals surface area contributed by atoms with Crippen molar-refractivity contribution < 1.29 is 43.1 Å². The monoisotopic (exact) mass is 442 g/mol. The lowest BCUT2D eigenvalue weighted by molar-refractivity contribution is -0.152. The van der Waals surface area contributed by atoms with Crippen LogP contribution in [0.1, 0.15) is 35.6 Å². The Morgan fingerprint density at radius 1 is 1.00 bits per heavy atom. The molecule has 0 saturated carbocycles. The first-order chi connectivity index (χ1) is 15.4. The third-order valence-electron chi connectivity index (χ3n) is 6.27. The van der Waals surface area contributed by atoms with Gasteiger partial charge >= 0.3 is 11.9 Å². The molecule has 3 aliphatic rings. The zero-order chi connectivity index (χ0) is 22.6. The molecule has 9 heteroatoms. The molecule has 0 amide bonds. The maximum absolute atomic E-state index is 12.9. The number of aromatic hydroxyl groups is 1. The summed E-state index contributed by atoms with van der Waals surface area (Å²) in [5.74, 6) is -0.949. The maximum atomic E-state index is 12.9. The van der Waals surface area contributed by atoms with Crippen LogP contribution >= 0.6 is 0 Å². The first-order valence-electron chi connectivity index (χ1n) is 10.1. The van der Waals surface area contributed by atoms with Gasteiger partial charge in [0, 0.05) is 24.3 Å². The summed E-state index contributed by atoms with van der Waals surface area (Å²) in [7, 11) is 2.88. The SMILES string of the molecule is COc1cc([C@@H]2c3cc4c(cc3[C@H](OC(C)=O)[C@H]3COC(=O)[C@@H]23)OCO4)cc(OC)c1O. The van der Waals surface area contributed by atoms with Crippen molar-refractivity contribution >= 4 is 11.9 Å². The second kappa shape index (κ2) is 7.51. The Balaban J connectivity index is 1.75. The molecule has 2 aromatic rings. The van der Waals surface area contributed by atoms with Crippen LogP contribution in [0.2, 0.25) is 0 Å². The number of rotatable bonds is 4. The summed E-state index contributed by atoms with van der Waals surface area (Å²) in [5, 5.41) is 10.4. The fourth-order valence-electron chi connectivity index (χ4n) is 4.94. The van der Waals surface area contributed by atoms with E-state index < -0.39 is 29.8 Å². The predicted molar refractivity (Wildman–Crippen MR) is 108 cm³/mol. The van der Waals surface area contributed by atoms with Crippen LogP contribution in [0.25, 0.3) is 0 Å². The summed E-state index contributed by atoms with van der Waals surface area (Å²) >= 11 is 0. The third-order valence-corrected chi connectivity index (χ3v) is 6.27. The minimum absolute atomic E-state index is 0.0802. The van der Waals surface area contributed by atoms with Crippen molar-refractivity contribution in [1.29, 1.82) is 0 Å². The number of cyclic esters (lactones) is 1. The number of benzene rings is 2. The molecule has 9 nitrogen and oxygen atoms in total. The van der Waals surface area contributed by atoms with Gasteiger partial charge in [0.25, 0.3) is 0 Å². The van der Waals surface area contributed by atoms with Gasteiger partial charge in [0.15, 0.2) is 23.0 Å². The summed E-state index contributed by atoms with van der Waals surface area (Å²) in [4.78, 5) is 24.8. The van der Waals surface area contributed by atoms with E-state index in [1.165, 1.54) is 21.1 Å². The number of esters is 2. The number of phenolic OH excluding ortho intramolecular Hbond substituents is 1. The molecule has 2 aromatic carbocycles. The van der Waals surface area contributed by atoms with E-state index in [0.29, 0.717) is 17.1 Å². The summed E-state index contributed by atoms with van der Waals surface area (Å²) in [6.07, 6.45) is -0.675. The van der Waals surface area contributed by atoms with Crippen molar-refractivity contribution in [3.8, 4) is 28.7 Å². The van der Waals surface area contributed by atoms with Crippen LogP contribution in [0.5, 0.6) is 28.7 Å². The van der Waals surface area contributed by atoms with E-state index in [1.54, 1.807) is 18.2 Å². The zero-order valence-electron chi connectivity index (χ0n) is 17.7. The van der Waals surface area contributed by atoms with Crippen LogP contribution in [-0.2, 0) is 19.1 Å². The van der Waals surface area contributed by atoms with E-state index in [4.69, 9.17) is 28.4 Å². The molecule has 2 aliphatic heterocycles. The Bertz CT molecular complexity index is 1080. The summed E-state index contributed by atoms with van der Waals surface area (Å²) in [6, 6.07) is 6.95. The number of ether oxygens (including phenoxy) is 6. The Hall–Kier alpha value is -3.62. The first-order valence-corrected chi connectivity index (χ1v) is 10.1. The molecule has 0 unspecified atom stereocenters. The Labute approximate surface area is 183 Å². The van der Waals surface area contributed by atoms with Gasteiger partial charge < -0.3 is 33.5 Å². The van der Waals surface area contributed by atoms with Gasteiger partial charge in [-0.2, -0.15) is 0 Å². The van der Waals surface area contributed by atoms with Crippen molar-refractivity contribution in [2.45, 2.75) is 18.9 Å². The van der Waals surface area contributed by atoms with Crippen LogP contribution in [0.15, 0.2) is 24.3 Å². The summed E-state index contributed by atoms with van der Waals surface area (Å²) in [6.45, 7) is 1.54. The molecule has 168 valence electrons. The predicted octanol–water partition coefficient (Wildman–Crippen LogP) is 2.68. The fraction of sp³-hybridized carbons (Fsp3) is 0.391. The lowest BCUT2D eigenvalue weighted by Gasteiger charge is -2.38. The van der Waals surface area contributed by atoms with E-state index in [-0.39, 0.29) is 36.6 Å². The van der Waals surface area contributed by atoms with Crippen molar-refractivity contribution in [1.82, 2.24) is 0 Å². The van der Waals surface area contributed by atoms with Gasteiger partial charge in [-0.3, -0.25) is 9.59 Å². The number of methoxy groups -OCH3 is 2. The molecule has 4 atom stereocenters. The van der Waals surface area contributed by atoms with Crippen LogP contribution in [0.4, 0.5) is 0 Å². The van der Waals surface area contributed by atoms with Gasteiger partial charge in [-0.05, 0) is 35.4 Å². The van der Waals surface area contributed by atoms with Crippen molar-refractivity contribution in [2.75, 3.05) is 27.6 Å². The normalized spacial score (nSPS) is 24.9. The first kappa shape index (κ1) is 20.3. The average Bonchev–Trinajstić information content (AvgIpc) is 3.39. The minimum atomic E-state index is -0.675. The molecule has 1 N–H and O–H groups in total. The van der Waals surface area contributed by atoms with E-state index in [0.717, 1.165) is 11.1 Å². The quantitative estimate of drug-likeness (QED) is 0.715. The van der Waals surface area contributed by atoms with Gasteiger partial charge in [0.05, 0.1) is 26.7 Å². The Morgan fingerprint density at radius 3 is 2.22 bits per heavy atom. The number of fused-ring (bicyclic) bond motifs is 3. The number of hydrogen-bond donors (Lipinski definition) is 1. The molecule has 0 bridgehead atoms. The van der Waals surface area contributed by atoms with E-state index >= 15 is 0 Å². The van der Waals surface area contributed by atoms with Gasteiger partial charge in [-0.1, -0.05) is 0 Å². The average molecular weight is 442 g/mol. The zero-order valence-corrected chi connectivity index (χ0v) is 17.7. The molecule has 1 fully saturated rings. The molecule has 0 radical (unpaired) electrons. The van der Waals surface area contributed by atoms with Gasteiger partial charge in [-0.15, -0.1) is 0 Å². The molecule has 1 saturated heterocycles. The topological polar surface area (TPSA) is 110 Å². The molecule has 1 aliphatic carbocycles. The number of hydrogen-bond acceptors (Lipinski definition) is 9. The lowest BCUT2D eigenvalue weighted by atomic mass is 9.66. The number of carbonyl (C=O) groups is 2. The second-order valence-corrected chi connectivity index (χ2v) is 7.94. The summed E-state index contributed by atoms with van der Waals surface area (Å²) < 4.78 is 32.9. The number of phenols is 1. The van der Waals surface area contributed by atoms with Crippen LogP contribution < -0.4 is 18.9 Å². The Kier molecular flexibility index (Phi) is 4.76. The minimum Gasteiger partial charge on any atom is -0.502 e. The molecule has 32 heavy (non-hydrogen) atoms. The standard InChI is InChI=1S/C23H22O9/c1-10(24)32-22-13-7-16-15(30-9-31-16)6-12(13)19(20-14(22)8-29-23(20)26)11-4-17(27-2)21(25)18(5-11)28-3/h4-7,14,19-20,22,25H,8-9H2,1-3H3/t14-,19+,20+,22-/m0/s1. The number of carbonyl (C=O) groups excluding carboxylic acids is 2. The van der Waals surface area contributed by atoms with Crippen LogP contribution in [0.3, 0.4) is 0 Å². The summed E-state index contributed by atoms with van der Waals surface area (Å²) in [5.41, 5.74) is 2.15. The van der Waals surface area contributed by atoms with E-state index in [9.17, 15) is 14.7 Å². The largest absolute Gasteiger partial charge is 0.502 e. The van der Waals surface area contributed by atoms with Crippen molar-refractivity contribution in [2.24, 2.45) is 11.8 Å². The van der Waals surface area contributed by atoms with Gasteiger partial charge in [0.2, 0.25) is 12.5 Å². The Morgan fingerprint density at radius 2 is 1.62 bits per heavy atom. The van der Waals surface area contributed by atoms with Crippen molar-refractivity contribution in [3.63, 3.8) is 0 Å². The van der Waals surface area contributed by atoms with Gasteiger partial charge in [-0.25, -0.2) is 0 Å². The fourth-order valence-corrected chi connectivity index (χ4v) is 4.94. The molecule has 2 heterocycles. The van der Waals surface area contributed by atoms with E-state index in [2.05, 4.69) is 0 Å². The molecule has 0 spiro atoms. The van der Waals surface area contributed by atoms with E-state index in [1.807, 2.05) is 6.07 Å². The molecular weight excluding hydrogens is 420 g/mol. The van der Waals surface area contributed by atoms with Gasteiger partial charge in [0.1, 0.15) is 6.10 Å². The smallest absolute Gasteiger partial charge is 0.310 e. The highest BCUT2D eigenvalue weighted by molar-refractivity contribution is 5.79. The lowest BCUT2D eigenvalue weighted by Crippen LogP contribution is -2.36. The molecule has 5 rings (SSSR count).